The molecule has 0 radical (unpaired) electrons. The molecule has 13 heavy (non-hydrogen) atoms. The SMILES string of the molecule is Clc1csc(SCC2CCCC2)n1. The van der Waals surface area contributed by atoms with Crippen molar-refractivity contribution in [3.8, 4) is 0 Å². The highest BCUT2D eigenvalue weighted by Crippen LogP contribution is 2.32. The summed E-state index contributed by atoms with van der Waals surface area (Å²) < 4.78 is 1.12. The van der Waals surface area contributed by atoms with Crippen LogP contribution in [0.1, 0.15) is 25.7 Å². The van der Waals surface area contributed by atoms with Crippen LogP contribution in [-0.2, 0) is 0 Å². The number of halogens is 1. The molecule has 0 amide bonds. The predicted octanol–water partition coefficient (Wildman–Crippen LogP) is 4.08. The maximum absolute atomic E-state index is 5.74. The standard InChI is InChI=1S/C9H12ClNS2/c10-8-6-13-9(11-8)12-5-7-3-1-2-4-7/h6-7H,1-5H2. The molecule has 1 saturated carbocycles. The zero-order chi connectivity index (χ0) is 9.10. The van der Waals surface area contributed by atoms with E-state index in [2.05, 4.69) is 4.98 Å². The first-order chi connectivity index (χ1) is 6.34. The van der Waals surface area contributed by atoms with Crippen LogP contribution in [0.4, 0.5) is 0 Å². The Balaban J connectivity index is 1.78. The molecule has 2 rings (SSSR count). The summed E-state index contributed by atoms with van der Waals surface area (Å²) in [5.74, 6) is 2.15. The molecule has 1 heterocycles. The Labute approximate surface area is 91.9 Å². The minimum Gasteiger partial charge on any atom is -0.218 e. The topological polar surface area (TPSA) is 12.9 Å². The van der Waals surface area contributed by atoms with Crippen molar-refractivity contribution in [2.24, 2.45) is 5.92 Å². The van der Waals surface area contributed by atoms with Crippen LogP contribution in [0, 0.1) is 5.92 Å². The fraction of sp³-hybridized carbons (Fsp3) is 0.667. The summed E-state index contributed by atoms with van der Waals surface area (Å²) in [6.07, 6.45) is 5.66. The molecule has 1 fully saturated rings. The third-order valence-electron chi connectivity index (χ3n) is 2.37. The van der Waals surface area contributed by atoms with E-state index >= 15 is 0 Å². The van der Waals surface area contributed by atoms with E-state index in [1.54, 1.807) is 11.3 Å². The molecule has 0 aliphatic heterocycles. The van der Waals surface area contributed by atoms with Crippen LogP contribution in [0.15, 0.2) is 9.72 Å². The molecule has 0 spiro atoms. The van der Waals surface area contributed by atoms with Crippen LogP contribution < -0.4 is 0 Å². The molecule has 0 bridgehead atoms. The number of hydrogen-bond donors (Lipinski definition) is 0. The van der Waals surface area contributed by atoms with E-state index in [0.717, 1.165) is 10.3 Å². The lowest BCUT2D eigenvalue weighted by molar-refractivity contribution is 0.623. The van der Waals surface area contributed by atoms with E-state index in [-0.39, 0.29) is 0 Å². The van der Waals surface area contributed by atoms with E-state index in [1.165, 1.54) is 31.4 Å². The van der Waals surface area contributed by atoms with Gasteiger partial charge in [-0.15, -0.1) is 11.3 Å². The molecule has 72 valence electrons. The molecule has 4 heteroatoms. The first-order valence-electron chi connectivity index (χ1n) is 4.58. The van der Waals surface area contributed by atoms with Gasteiger partial charge in [0.15, 0.2) is 4.34 Å². The lowest BCUT2D eigenvalue weighted by atomic mass is 10.1. The molecule has 1 aliphatic carbocycles. The number of aromatic nitrogens is 1. The lowest BCUT2D eigenvalue weighted by Gasteiger charge is -2.05. The summed E-state index contributed by atoms with van der Waals surface area (Å²) in [7, 11) is 0. The molecule has 0 saturated heterocycles. The fourth-order valence-corrected chi connectivity index (χ4v) is 3.89. The maximum atomic E-state index is 5.74. The van der Waals surface area contributed by atoms with Crippen LogP contribution in [0.5, 0.6) is 0 Å². The summed E-state index contributed by atoms with van der Waals surface area (Å²) in [4.78, 5) is 4.22. The van der Waals surface area contributed by atoms with Gasteiger partial charge >= 0.3 is 0 Å². The van der Waals surface area contributed by atoms with E-state index in [4.69, 9.17) is 11.6 Å². The van der Waals surface area contributed by atoms with E-state index in [9.17, 15) is 0 Å². The van der Waals surface area contributed by atoms with Crippen molar-refractivity contribution in [2.45, 2.75) is 30.0 Å². The minimum absolute atomic E-state index is 0.638. The Morgan fingerprint density at radius 3 is 2.92 bits per heavy atom. The Morgan fingerprint density at radius 2 is 2.31 bits per heavy atom. The predicted molar refractivity (Wildman–Crippen MR) is 59.8 cm³/mol. The summed E-state index contributed by atoms with van der Waals surface area (Å²) in [6, 6.07) is 0. The first kappa shape index (κ1) is 9.81. The number of hydrogen-bond acceptors (Lipinski definition) is 3. The van der Waals surface area contributed by atoms with E-state index in [0.29, 0.717) is 5.15 Å². The van der Waals surface area contributed by atoms with Crippen LogP contribution in [0.25, 0.3) is 0 Å². The van der Waals surface area contributed by atoms with E-state index < -0.39 is 0 Å². The van der Waals surface area contributed by atoms with Crippen molar-refractivity contribution < 1.29 is 0 Å². The minimum atomic E-state index is 0.638. The zero-order valence-corrected chi connectivity index (χ0v) is 9.72. The Bertz CT molecular complexity index is 268. The van der Waals surface area contributed by atoms with Gasteiger partial charge in [-0.2, -0.15) is 0 Å². The van der Waals surface area contributed by atoms with Crippen LogP contribution in [0.3, 0.4) is 0 Å². The molecule has 0 aromatic carbocycles. The monoisotopic (exact) mass is 233 g/mol. The van der Waals surface area contributed by atoms with Gasteiger partial charge in [0.1, 0.15) is 5.15 Å². The Kier molecular flexibility index (Phi) is 3.52. The van der Waals surface area contributed by atoms with Gasteiger partial charge in [0.25, 0.3) is 0 Å². The highest BCUT2D eigenvalue weighted by atomic mass is 35.5. The molecule has 1 nitrogen and oxygen atoms in total. The molecule has 1 aromatic rings. The first-order valence-corrected chi connectivity index (χ1v) is 6.83. The summed E-state index contributed by atoms with van der Waals surface area (Å²) >= 11 is 9.26. The van der Waals surface area contributed by atoms with Gasteiger partial charge in [-0.25, -0.2) is 4.98 Å². The molecular formula is C9H12ClNS2. The quantitative estimate of drug-likeness (QED) is 0.730. The number of nitrogens with zero attached hydrogens (tertiary/aromatic N) is 1. The second-order valence-electron chi connectivity index (χ2n) is 3.40. The Morgan fingerprint density at radius 1 is 1.54 bits per heavy atom. The van der Waals surface area contributed by atoms with Crippen molar-refractivity contribution in [1.29, 1.82) is 0 Å². The van der Waals surface area contributed by atoms with E-state index in [1.807, 2.05) is 17.1 Å². The molecule has 0 N–H and O–H groups in total. The largest absolute Gasteiger partial charge is 0.218 e. The molecule has 0 atom stereocenters. The second kappa shape index (κ2) is 4.67. The van der Waals surface area contributed by atoms with Gasteiger partial charge in [-0.1, -0.05) is 36.2 Å². The second-order valence-corrected chi connectivity index (χ2v) is 5.91. The normalized spacial score (nSPS) is 18.2. The summed E-state index contributed by atoms with van der Waals surface area (Å²) in [5, 5.41) is 2.54. The average molecular weight is 234 g/mol. The van der Waals surface area contributed by atoms with Crippen molar-refractivity contribution in [3.63, 3.8) is 0 Å². The molecular weight excluding hydrogens is 222 g/mol. The van der Waals surface area contributed by atoms with Crippen molar-refractivity contribution in [2.75, 3.05) is 5.75 Å². The average Bonchev–Trinajstić information content (AvgIpc) is 2.71. The van der Waals surface area contributed by atoms with Crippen LogP contribution in [0.2, 0.25) is 5.15 Å². The van der Waals surface area contributed by atoms with Gasteiger partial charge in [0, 0.05) is 11.1 Å². The van der Waals surface area contributed by atoms with Gasteiger partial charge in [0.2, 0.25) is 0 Å². The highest BCUT2D eigenvalue weighted by Gasteiger charge is 2.15. The highest BCUT2D eigenvalue weighted by molar-refractivity contribution is 8.01. The van der Waals surface area contributed by atoms with Gasteiger partial charge in [-0.3, -0.25) is 0 Å². The maximum Gasteiger partial charge on any atom is 0.151 e. The smallest absolute Gasteiger partial charge is 0.151 e. The van der Waals surface area contributed by atoms with Crippen LogP contribution >= 0.6 is 34.7 Å². The lowest BCUT2D eigenvalue weighted by Crippen LogP contribution is -1.95. The third kappa shape index (κ3) is 2.86. The van der Waals surface area contributed by atoms with Crippen molar-refractivity contribution in [1.82, 2.24) is 4.98 Å². The van der Waals surface area contributed by atoms with Gasteiger partial charge in [-0.05, 0) is 18.8 Å². The van der Waals surface area contributed by atoms with Gasteiger partial charge < -0.3 is 0 Å². The van der Waals surface area contributed by atoms with Crippen molar-refractivity contribution >= 4 is 34.7 Å². The number of rotatable bonds is 3. The Hall–Kier alpha value is 0.270. The van der Waals surface area contributed by atoms with Crippen LogP contribution in [-0.4, -0.2) is 10.7 Å². The third-order valence-corrected chi connectivity index (χ3v) is 4.95. The molecule has 1 aliphatic rings. The summed E-state index contributed by atoms with van der Waals surface area (Å²) in [5.41, 5.74) is 0. The zero-order valence-electron chi connectivity index (χ0n) is 7.33. The summed E-state index contributed by atoms with van der Waals surface area (Å²) in [6.45, 7) is 0. The molecule has 1 aromatic heterocycles. The fourth-order valence-electron chi connectivity index (χ4n) is 1.67. The number of thiazole rings is 1. The molecule has 0 unspecified atom stereocenters. The van der Waals surface area contributed by atoms with Gasteiger partial charge in [0.05, 0.1) is 0 Å². The number of thioether (sulfide) groups is 1. The van der Waals surface area contributed by atoms with Crippen molar-refractivity contribution in [3.05, 3.63) is 10.5 Å².